The van der Waals surface area contributed by atoms with Crippen molar-refractivity contribution >= 4 is 23.3 Å². The van der Waals surface area contributed by atoms with Crippen LogP contribution in [0.5, 0.6) is 5.75 Å². The van der Waals surface area contributed by atoms with Crippen LogP contribution in [0.1, 0.15) is 5.69 Å². The Bertz CT molecular complexity index is 635. The number of ether oxygens (including phenoxy) is 2. The summed E-state index contributed by atoms with van der Waals surface area (Å²) < 4.78 is 10.00. The minimum absolute atomic E-state index is 0.156. The molecule has 6 heteroatoms. The van der Waals surface area contributed by atoms with E-state index in [2.05, 4.69) is 10.3 Å². The summed E-state index contributed by atoms with van der Waals surface area (Å²) in [6, 6.07) is 7.72. The summed E-state index contributed by atoms with van der Waals surface area (Å²) in [6.07, 6.45) is 3.17. The molecular formula is C16H18N2O3S. The van der Waals surface area contributed by atoms with Crippen molar-refractivity contribution in [1.29, 1.82) is 0 Å². The van der Waals surface area contributed by atoms with Gasteiger partial charge in [-0.25, -0.2) is 4.98 Å². The fourth-order valence-electron chi connectivity index (χ4n) is 1.73. The van der Waals surface area contributed by atoms with E-state index in [0.717, 1.165) is 22.0 Å². The van der Waals surface area contributed by atoms with Gasteiger partial charge in [0, 0.05) is 30.7 Å². The van der Waals surface area contributed by atoms with Crippen LogP contribution < -0.4 is 10.1 Å². The summed E-state index contributed by atoms with van der Waals surface area (Å²) >= 11 is 1.53. The van der Waals surface area contributed by atoms with Crippen LogP contribution in [0, 0.1) is 0 Å². The van der Waals surface area contributed by atoms with Gasteiger partial charge in [0.1, 0.15) is 10.8 Å². The summed E-state index contributed by atoms with van der Waals surface area (Å²) in [5, 5.41) is 5.54. The van der Waals surface area contributed by atoms with Crippen LogP contribution in [0.2, 0.25) is 0 Å². The molecular weight excluding hydrogens is 300 g/mol. The quantitative estimate of drug-likeness (QED) is 0.630. The number of methoxy groups -OCH3 is 2. The number of rotatable bonds is 7. The second kappa shape index (κ2) is 8.31. The summed E-state index contributed by atoms with van der Waals surface area (Å²) in [6.45, 7) is 0.992. The Morgan fingerprint density at radius 1 is 1.32 bits per heavy atom. The number of nitrogens with one attached hydrogen (secondary N) is 1. The number of benzene rings is 1. The first-order valence-corrected chi connectivity index (χ1v) is 7.65. The minimum atomic E-state index is -0.156. The standard InChI is InChI=1S/C16H18N2O3S/c1-20-10-9-17-15(19)8-5-13-11-22-16(18-13)12-3-6-14(21-2)7-4-12/h3-8,11H,9-10H2,1-2H3,(H,17,19). The molecule has 0 unspecified atom stereocenters. The topological polar surface area (TPSA) is 60.5 Å². The number of carbonyl (C=O) groups is 1. The van der Waals surface area contributed by atoms with Crippen molar-refractivity contribution in [2.24, 2.45) is 0 Å². The first-order chi connectivity index (χ1) is 10.7. The number of hydrogen-bond acceptors (Lipinski definition) is 5. The molecule has 0 radical (unpaired) electrons. The number of aromatic nitrogens is 1. The monoisotopic (exact) mass is 318 g/mol. The van der Waals surface area contributed by atoms with Crippen LogP contribution in [0.25, 0.3) is 16.6 Å². The highest BCUT2D eigenvalue weighted by atomic mass is 32.1. The van der Waals surface area contributed by atoms with Gasteiger partial charge in [-0.15, -0.1) is 11.3 Å². The highest BCUT2D eigenvalue weighted by molar-refractivity contribution is 7.13. The lowest BCUT2D eigenvalue weighted by Gasteiger charge is -2.00. The molecule has 22 heavy (non-hydrogen) atoms. The Morgan fingerprint density at radius 3 is 2.77 bits per heavy atom. The largest absolute Gasteiger partial charge is 0.497 e. The summed E-state index contributed by atoms with van der Waals surface area (Å²) in [7, 11) is 3.23. The number of carbonyl (C=O) groups excluding carboxylic acids is 1. The van der Waals surface area contributed by atoms with Gasteiger partial charge in [-0.3, -0.25) is 4.79 Å². The van der Waals surface area contributed by atoms with E-state index < -0.39 is 0 Å². The molecule has 0 atom stereocenters. The lowest BCUT2D eigenvalue weighted by molar-refractivity contribution is -0.116. The second-order valence-corrected chi connectivity index (χ2v) is 5.28. The lowest BCUT2D eigenvalue weighted by Crippen LogP contribution is -2.24. The van der Waals surface area contributed by atoms with Gasteiger partial charge in [0.2, 0.25) is 5.91 Å². The Morgan fingerprint density at radius 2 is 2.09 bits per heavy atom. The Kier molecular flexibility index (Phi) is 6.12. The highest BCUT2D eigenvalue weighted by Gasteiger charge is 2.04. The predicted molar refractivity (Wildman–Crippen MR) is 88.0 cm³/mol. The molecule has 0 bridgehead atoms. The molecule has 2 aromatic rings. The predicted octanol–water partition coefficient (Wildman–Crippen LogP) is 2.59. The van der Waals surface area contributed by atoms with E-state index in [0.29, 0.717) is 13.2 Å². The lowest BCUT2D eigenvalue weighted by atomic mass is 10.2. The van der Waals surface area contributed by atoms with Gasteiger partial charge in [0.15, 0.2) is 0 Å². The van der Waals surface area contributed by atoms with Crippen molar-refractivity contribution in [3.8, 4) is 16.3 Å². The van der Waals surface area contributed by atoms with Gasteiger partial charge < -0.3 is 14.8 Å². The first-order valence-electron chi connectivity index (χ1n) is 6.77. The molecule has 0 saturated carbocycles. The average Bonchev–Trinajstić information content (AvgIpc) is 3.02. The Labute approximate surface area is 133 Å². The molecule has 5 nitrogen and oxygen atoms in total. The third kappa shape index (κ3) is 4.68. The molecule has 1 N–H and O–H groups in total. The third-order valence-corrected chi connectivity index (χ3v) is 3.78. The number of thiazole rings is 1. The van der Waals surface area contributed by atoms with E-state index in [1.807, 2.05) is 29.6 Å². The number of hydrogen-bond donors (Lipinski definition) is 1. The van der Waals surface area contributed by atoms with E-state index >= 15 is 0 Å². The first kappa shape index (κ1) is 16.2. The number of amides is 1. The Hall–Kier alpha value is -2.18. The molecule has 0 saturated heterocycles. The fourth-order valence-corrected chi connectivity index (χ4v) is 2.52. The van der Waals surface area contributed by atoms with Gasteiger partial charge in [-0.05, 0) is 30.3 Å². The van der Waals surface area contributed by atoms with E-state index in [1.165, 1.54) is 17.4 Å². The molecule has 0 fully saturated rings. The molecule has 1 aromatic carbocycles. The van der Waals surface area contributed by atoms with Crippen LogP contribution in [0.4, 0.5) is 0 Å². The number of nitrogens with zero attached hydrogens (tertiary/aromatic N) is 1. The average molecular weight is 318 g/mol. The smallest absolute Gasteiger partial charge is 0.244 e. The van der Waals surface area contributed by atoms with Crippen molar-refractivity contribution in [1.82, 2.24) is 10.3 Å². The molecule has 1 aromatic heterocycles. The molecule has 0 spiro atoms. The van der Waals surface area contributed by atoms with Crippen molar-refractivity contribution in [3.63, 3.8) is 0 Å². The zero-order valence-corrected chi connectivity index (χ0v) is 13.4. The van der Waals surface area contributed by atoms with Gasteiger partial charge in [-0.1, -0.05) is 0 Å². The van der Waals surface area contributed by atoms with Gasteiger partial charge in [-0.2, -0.15) is 0 Å². The third-order valence-electron chi connectivity index (χ3n) is 2.87. The molecule has 2 rings (SSSR count). The molecule has 1 heterocycles. The molecule has 116 valence electrons. The maximum absolute atomic E-state index is 11.5. The zero-order valence-electron chi connectivity index (χ0n) is 12.5. The summed E-state index contributed by atoms with van der Waals surface area (Å²) in [5.74, 6) is 0.657. The molecule has 0 aliphatic rings. The van der Waals surface area contributed by atoms with Crippen LogP contribution in [0.15, 0.2) is 35.7 Å². The molecule has 0 aliphatic carbocycles. The van der Waals surface area contributed by atoms with Crippen molar-refractivity contribution in [2.75, 3.05) is 27.4 Å². The van der Waals surface area contributed by atoms with Gasteiger partial charge in [0.05, 0.1) is 19.4 Å². The maximum Gasteiger partial charge on any atom is 0.244 e. The van der Waals surface area contributed by atoms with E-state index in [-0.39, 0.29) is 5.91 Å². The summed E-state index contributed by atoms with van der Waals surface area (Å²) in [5.41, 5.74) is 1.78. The fraction of sp³-hybridized carbons (Fsp3) is 0.250. The minimum Gasteiger partial charge on any atom is -0.497 e. The Balaban J connectivity index is 1.97. The zero-order chi connectivity index (χ0) is 15.8. The van der Waals surface area contributed by atoms with Crippen molar-refractivity contribution in [2.45, 2.75) is 0 Å². The van der Waals surface area contributed by atoms with Gasteiger partial charge in [0.25, 0.3) is 0 Å². The van der Waals surface area contributed by atoms with Crippen molar-refractivity contribution < 1.29 is 14.3 Å². The summed E-state index contributed by atoms with van der Waals surface area (Å²) in [4.78, 5) is 16.0. The second-order valence-electron chi connectivity index (χ2n) is 4.42. The highest BCUT2D eigenvalue weighted by Crippen LogP contribution is 2.25. The molecule has 0 aliphatic heterocycles. The van der Waals surface area contributed by atoms with Crippen LogP contribution in [-0.4, -0.2) is 38.3 Å². The van der Waals surface area contributed by atoms with E-state index in [4.69, 9.17) is 9.47 Å². The molecule has 1 amide bonds. The van der Waals surface area contributed by atoms with Crippen LogP contribution in [-0.2, 0) is 9.53 Å². The SMILES string of the molecule is COCCNC(=O)C=Cc1csc(-c2ccc(OC)cc2)n1. The maximum atomic E-state index is 11.5. The van der Waals surface area contributed by atoms with Gasteiger partial charge >= 0.3 is 0 Å². The van der Waals surface area contributed by atoms with E-state index in [1.54, 1.807) is 20.3 Å². The normalized spacial score (nSPS) is 10.8. The van der Waals surface area contributed by atoms with Crippen LogP contribution in [0.3, 0.4) is 0 Å². The van der Waals surface area contributed by atoms with Crippen LogP contribution >= 0.6 is 11.3 Å². The van der Waals surface area contributed by atoms with E-state index in [9.17, 15) is 4.79 Å². The van der Waals surface area contributed by atoms with Crippen molar-refractivity contribution in [3.05, 3.63) is 41.4 Å².